The minimum atomic E-state index is -0.447. The average molecular weight is 497 g/mol. The summed E-state index contributed by atoms with van der Waals surface area (Å²) in [7, 11) is 1.58. The highest BCUT2D eigenvalue weighted by atomic mass is 127. The molecule has 0 atom stereocenters. The standard InChI is InChI=1S/C23H20IN3O2/c1-15-11-17(16(2)27(15)21-6-4-5-19(24)13-21)12-18(14-25)23(28)26-20-7-9-22(29-3)10-8-20/h4-13H,1-3H3,(H,26,28)/b18-12+. The van der Waals surface area contributed by atoms with E-state index in [1.54, 1.807) is 37.5 Å². The SMILES string of the molecule is COc1ccc(NC(=O)/C(C#N)=C/c2cc(C)n(-c3cccc(I)c3)c2C)cc1. The molecule has 0 unspecified atom stereocenters. The van der Waals surface area contributed by atoms with Gasteiger partial charge in [-0.25, -0.2) is 0 Å². The van der Waals surface area contributed by atoms with Gasteiger partial charge in [-0.2, -0.15) is 5.26 Å². The molecule has 0 radical (unpaired) electrons. The third-order valence-electron chi connectivity index (χ3n) is 4.55. The summed E-state index contributed by atoms with van der Waals surface area (Å²) in [6, 6.07) is 19.1. The number of hydrogen-bond donors (Lipinski definition) is 1. The van der Waals surface area contributed by atoms with E-state index in [1.165, 1.54) is 0 Å². The lowest BCUT2D eigenvalue weighted by molar-refractivity contribution is -0.112. The van der Waals surface area contributed by atoms with Gasteiger partial charge in [0.25, 0.3) is 5.91 Å². The number of anilines is 1. The number of rotatable bonds is 5. The fourth-order valence-electron chi connectivity index (χ4n) is 3.12. The quantitative estimate of drug-likeness (QED) is 0.298. The lowest BCUT2D eigenvalue weighted by atomic mass is 10.1. The van der Waals surface area contributed by atoms with Crippen LogP contribution in [0.2, 0.25) is 0 Å². The first kappa shape index (κ1) is 20.7. The number of aryl methyl sites for hydroxylation is 1. The summed E-state index contributed by atoms with van der Waals surface area (Å²) in [4.78, 5) is 12.6. The minimum Gasteiger partial charge on any atom is -0.497 e. The molecule has 1 heterocycles. The lowest BCUT2D eigenvalue weighted by Crippen LogP contribution is -2.13. The summed E-state index contributed by atoms with van der Waals surface area (Å²) >= 11 is 2.28. The maximum Gasteiger partial charge on any atom is 0.266 e. The van der Waals surface area contributed by atoms with E-state index < -0.39 is 5.91 Å². The van der Waals surface area contributed by atoms with Crippen molar-refractivity contribution in [3.8, 4) is 17.5 Å². The van der Waals surface area contributed by atoms with Crippen molar-refractivity contribution in [2.75, 3.05) is 12.4 Å². The number of halogens is 1. The van der Waals surface area contributed by atoms with Crippen LogP contribution in [0.1, 0.15) is 17.0 Å². The Labute approximate surface area is 183 Å². The van der Waals surface area contributed by atoms with E-state index in [4.69, 9.17) is 4.74 Å². The first-order chi connectivity index (χ1) is 13.9. The molecule has 0 aliphatic heterocycles. The molecule has 3 rings (SSSR count). The van der Waals surface area contributed by atoms with Gasteiger partial charge in [0.05, 0.1) is 7.11 Å². The number of aromatic nitrogens is 1. The van der Waals surface area contributed by atoms with Crippen molar-refractivity contribution in [2.24, 2.45) is 0 Å². The third-order valence-corrected chi connectivity index (χ3v) is 5.22. The summed E-state index contributed by atoms with van der Waals surface area (Å²) in [6.45, 7) is 3.99. The molecule has 1 N–H and O–H groups in total. The highest BCUT2D eigenvalue weighted by Crippen LogP contribution is 2.24. The van der Waals surface area contributed by atoms with Gasteiger partial charge < -0.3 is 14.6 Å². The number of nitrogens with one attached hydrogen (secondary N) is 1. The van der Waals surface area contributed by atoms with Gasteiger partial charge in [-0.3, -0.25) is 4.79 Å². The Hall–Kier alpha value is -3.05. The summed E-state index contributed by atoms with van der Waals surface area (Å²) in [5.74, 6) is 0.249. The second-order valence-corrected chi connectivity index (χ2v) is 7.74. The maximum atomic E-state index is 12.6. The first-order valence-corrected chi connectivity index (χ1v) is 10.0. The van der Waals surface area contributed by atoms with Crippen molar-refractivity contribution in [2.45, 2.75) is 13.8 Å². The van der Waals surface area contributed by atoms with E-state index in [0.29, 0.717) is 11.4 Å². The van der Waals surface area contributed by atoms with Crippen molar-refractivity contribution in [1.82, 2.24) is 4.57 Å². The van der Waals surface area contributed by atoms with Crippen molar-refractivity contribution in [3.05, 3.63) is 80.7 Å². The van der Waals surface area contributed by atoms with Gasteiger partial charge >= 0.3 is 0 Å². The summed E-state index contributed by atoms with van der Waals surface area (Å²) in [5, 5.41) is 12.3. The molecule has 6 heteroatoms. The fraction of sp³-hybridized carbons (Fsp3) is 0.130. The van der Waals surface area contributed by atoms with Crippen molar-refractivity contribution >= 4 is 40.3 Å². The number of nitrogens with zero attached hydrogens (tertiary/aromatic N) is 2. The number of carbonyl (C=O) groups excluding carboxylic acids is 1. The summed E-state index contributed by atoms with van der Waals surface area (Å²) in [5.41, 5.74) is 4.53. The van der Waals surface area contributed by atoms with Crippen molar-refractivity contribution in [1.29, 1.82) is 5.26 Å². The molecule has 5 nitrogen and oxygen atoms in total. The fourth-order valence-corrected chi connectivity index (χ4v) is 3.65. The number of hydrogen-bond acceptors (Lipinski definition) is 3. The van der Waals surface area contributed by atoms with Crippen LogP contribution in [0.5, 0.6) is 5.75 Å². The Morgan fingerprint density at radius 2 is 1.90 bits per heavy atom. The predicted molar refractivity (Wildman–Crippen MR) is 123 cm³/mol. The molecule has 1 aromatic heterocycles. The second kappa shape index (κ2) is 8.97. The van der Waals surface area contributed by atoms with Crippen LogP contribution in [0.4, 0.5) is 5.69 Å². The van der Waals surface area contributed by atoms with Crippen LogP contribution in [0.3, 0.4) is 0 Å². The zero-order valence-corrected chi connectivity index (χ0v) is 18.5. The van der Waals surface area contributed by atoms with Crippen LogP contribution in [0.25, 0.3) is 11.8 Å². The number of ether oxygens (including phenoxy) is 1. The highest BCUT2D eigenvalue weighted by Gasteiger charge is 2.14. The zero-order valence-electron chi connectivity index (χ0n) is 16.4. The topological polar surface area (TPSA) is 67.0 Å². The molecule has 0 aliphatic carbocycles. The van der Waals surface area contributed by atoms with Gasteiger partial charge in [0.1, 0.15) is 17.4 Å². The molecule has 0 spiro atoms. The van der Waals surface area contributed by atoms with E-state index in [-0.39, 0.29) is 5.57 Å². The lowest BCUT2D eigenvalue weighted by Gasteiger charge is -2.10. The number of methoxy groups -OCH3 is 1. The number of amides is 1. The van der Waals surface area contributed by atoms with Crippen LogP contribution in [0, 0.1) is 28.7 Å². The Morgan fingerprint density at radius 3 is 2.52 bits per heavy atom. The normalized spacial score (nSPS) is 11.1. The average Bonchev–Trinajstić information content (AvgIpc) is 2.99. The van der Waals surface area contributed by atoms with E-state index in [1.807, 2.05) is 44.2 Å². The molecule has 29 heavy (non-hydrogen) atoms. The van der Waals surface area contributed by atoms with Gasteiger partial charge in [0, 0.05) is 26.3 Å². The van der Waals surface area contributed by atoms with Crippen molar-refractivity contribution < 1.29 is 9.53 Å². The molecular weight excluding hydrogens is 477 g/mol. The zero-order chi connectivity index (χ0) is 21.0. The third kappa shape index (κ3) is 4.69. The summed E-state index contributed by atoms with van der Waals surface area (Å²) < 4.78 is 8.37. The van der Waals surface area contributed by atoms with Crippen LogP contribution < -0.4 is 10.1 Å². The van der Waals surface area contributed by atoms with Crippen LogP contribution >= 0.6 is 22.6 Å². The smallest absolute Gasteiger partial charge is 0.266 e. The maximum absolute atomic E-state index is 12.6. The number of benzene rings is 2. The van der Waals surface area contributed by atoms with Gasteiger partial charge in [0.2, 0.25) is 0 Å². The van der Waals surface area contributed by atoms with E-state index in [9.17, 15) is 10.1 Å². The van der Waals surface area contributed by atoms with Gasteiger partial charge in [-0.15, -0.1) is 0 Å². The molecule has 0 saturated heterocycles. The molecular formula is C23H20IN3O2. The van der Waals surface area contributed by atoms with Gasteiger partial charge in [-0.1, -0.05) is 6.07 Å². The predicted octanol–water partition coefficient (Wildman–Crippen LogP) is 5.25. The molecule has 3 aromatic rings. The Morgan fingerprint density at radius 1 is 1.17 bits per heavy atom. The van der Waals surface area contributed by atoms with Gasteiger partial charge in [-0.05, 0) is 96.6 Å². The van der Waals surface area contributed by atoms with Crippen molar-refractivity contribution in [3.63, 3.8) is 0 Å². The Bertz CT molecular complexity index is 1120. The minimum absolute atomic E-state index is 0.0451. The Balaban J connectivity index is 1.90. The van der Waals surface area contributed by atoms with Crippen LogP contribution in [-0.4, -0.2) is 17.6 Å². The number of nitriles is 1. The van der Waals surface area contributed by atoms with Gasteiger partial charge in [0.15, 0.2) is 0 Å². The molecule has 0 bridgehead atoms. The Kier molecular flexibility index (Phi) is 6.39. The monoisotopic (exact) mass is 497 g/mol. The molecule has 1 amide bonds. The van der Waals surface area contributed by atoms with E-state index in [2.05, 4.69) is 38.5 Å². The molecule has 0 fully saturated rings. The first-order valence-electron chi connectivity index (χ1n) is 8.95. The largest absolute Gasteiger partial charge is 0.497 e. The molecule has 0 saturated carbocycles. The molecule has 146 valence electrons. The van der Waals surface area contributed by atoms with Crippen LogP contribution in [0.15, 0.2) is 60.2 Å². The molecule has 0 aliphatic rings. The second-order valence-electron chi connectivity index (χ2n) is 6.49. The van der Waals surface area contributed by atoms with E-state index >= 15 is 0 Å². The summed E-state index contributed by atoms with van der Waals surface area (Å²) in [6.07, 6.45) is 1.63. The van der Waals surface area contributed by atoms with E-state index in [0.717, 1.165) is 26.2 Å². The van der Waals surface area contributed by atoms with Crippen LogP contribution in [-0.2, 0) is 4.79 Å². The molecule has 2 aromatic carbocycles. The number of carbonyl (C=O) groups is 1. The highest BCUT2D eigenvalue weighted by molar-refractivity contribution is 14.1.